The van der Waals surface area contributed by atoms with Crippen molar-refractivity contribution in [2.24, 2.45) is 5.92 Å². The van der Waals surface area contributed by atoms with Crippen molar-refractivity contribution in [3.05, 3.63) is 64.7 Å². The Morgan fingerprint density at radius 3 is 2.30 bits per heavy atom. The fourth-order valence-corrected chi connectivity index (χ4v) is 3.47. The van der Waals surface area contributed by atoms with Crippen molar-refractivity contribution in [1.29, 1.82) is 0 Å². The number of urea groups is 1. The predicted molar refractivity (Wildman–Crippen MR) is 102 cm³/mol. The predicted octanol–water partition coefficient (Wildman–Crippen LogP) is 3.84. The second kappa shape index (κ2) is 8.16. The first-order valence-corrected chi connectivity index (χ1v) is 9.35. The molecular formula is C20H18ClF3N2O4. The molecule has 0 bridgehead atoms. The normalized spacial score (nSPS) is 24.0. The molecule has 2 aromatic rings. The standard InChI is InChI=1S/C20H18ClF3N2O4/c1-2-30-14-9-5-11(6-10-14)16-15(17(27)12-3-7-13(21)8-4-12)19(29,20(22,23)24)26-18(28)25-16/h3-10,15-16,29H,2H2,1H3,(H2,25,26,28)/t15-,16-,19+/m0/s1. The molecule has 0 aromatic heterocycles. The van der Waals surface area contributed by atoms with Crippen molar-refractivity contribution in [1.82, 2.24) is 10.6 Å². The Hall–Kier alpha value is -2.78. The third-order valence-electron chi connectivity index (χ3n) is 4.77. The number of carbonyl (C=O) groups excluding carboxylic acids is 2. The fourth-order valence-electron chi connectivity index (χ4n) is 3.35. The molecule has 0 saturated carbocycles. The zero-order chi connectivity index (χ0) is 22.1. The molecular weight excluding hydrogens is 425 g/mol. The number of ether oxygens (including phenoxy) is 1. The lowest BCUT2D eigenvalue weighted by atomic mass is 9.77. The van der Waals surface area contributed by atoms with Crippen molar-refractivity contribution in [3.8, 4) is 5.75 Å². The van der Waals surface area contributed by atoms with E-state index < -0.39 is 35.7 Å². The Bertz CT molecular complexity index is 935. The Labute approximate surface area is 175 Å². The van der Waals surface area contributed by atoms with Crippen LogP contribution >= 0.6 is 11.6 Å². The molecule has 2 amide bonds. The molecule has 6 nitrogen and oxygen atoms in total. The van der Waals surface area contributed by atoms with Gasteiger partial charge in [0.05, 0.1) is 12.6 Å². The maximum absolute atomic E-state index is 13.9. The van der Waals surface area contributed by atoms with E-state index in [0.717, 1.165) is 0 Å². The summed E-state index contributed by atoms with van der Waals surface area (Å²) in [5, 5.41) is 14.6. The summed E-state index contributed by atoms with van der Waals surface area (Å²) < 4.78 is 46.9. The Kier molecular flexibility index (Phi) is 5.96. The Morgan fingerprint density at radius 2 is 1.77 bits per heavy atom. The van der Waals surface area contributed by atoms with Crippen LogP contribution in [-0.4, -0.2) is 35.4 Å². The number of Topliss-reactive ketones (excluding diaryl/α,β-unsaturated/α-hetero) is 1. The van der Waals surface area contributed by atoms with Gasteiger partial charge in [0.25, 0.3) is 0 Å². The van der Waals surface area contributed by atoms with E-state index in [1.54, 1.807) is 6.92 Å². The highest BCUT2D eigenvalue weighted by atomic mass is 35.5. The number of rotatable bonds is 5. The first kappa shape index (κ1) is 21.9. The number of benzene rings is 2. The van der Waals surface area contributed by atoms with Crippen molar-refractivity contribution >= 4 is 23.4 Å². The minimum atomic E-state index is -5.32. The lowest BCUT2D eigenvalue weighted by Gasteiger charge is -2.45. The van der Waals surface area contributed by atoms with Gasteiger partial charge in [0.1, 0.15) is 11.7 Å². The van der Waals surface area contributed by atoms with E-state index in [4.69, 9.17) is 16.3 Å². The van der Waals surface area contributed by atoms with E-state index in [1.807, 2.05) is 0 Å². The lowest BCUT2D eigenvalue weighted by molar-refractivity contribution is -0.287. The molecule has 3 rings (SSSR count). The topological polar surface area (TPSA) is 87.7 Å². The van der Waals surface area contributed by atoms with Crippen LogP contribution in [0.1, 0.15) is 28.9 Å². The lowest BCUT2D eigenvalue weighted by Crippen LogP contribution is -2.72. The highest BCUT2D eigenvalue weighted by Crippen LogP contribution is 2.44. The second-order valence-electron chi connectivity index (χ2n) is 6.69. The maximum Gasteiger partial charge on any atom is 0.437 e. The summed E-state index contributed by atoms with van der Waals surface area (Å²) >= 11 is 5.79. The molecule has 0 aliphatic carbocycles. The number of alkyl halides is 3. The van der Waals surface area contributed by atoms with E-state index in [9.17, 15) is 27.9 Å². The minimum Gasteiger partial charge on any atom is -0.494 e. The van der Waals surface area contributed by atoms with Gasteiger partial charge >= 0.3 is 12.2 Å². The molecule has 1 heterocycles. The molecule has 10 heteroatoms. The van der Waals surface area contributed by atoms with Crippen LogP contribution in [0.2, 0.25) is 5.02 Å². The first-order chi connectivity index (χ1) is 14.1. The van der Waals surface area contributed by atoms with E-state index in [-0.39, 0.29) is 16.1 Å². The van der Waals surface area contributed by atoms with Crippen LogP contribution in [-0.2, 0) is 0 Å². The molecule has 1 saturated heterocycles. The van der Waals surface area contributed by atoms with Crippen LogP contribution in [0.25, 0.3) is 0 Å². The molecule has 3 atom stereocenters. The van der Waals surface area contributed by atoms with Gasteiger partial charge in [-0.2, -0.15) is 13.2 Å². The van der Waals surface area contributed by atoms with Gasteiger partial charge in [-0.15, -0.1) is 0 Å². The van der Waals surface area contributed by atoms with Crippen LogP contribution < -0.4 is 15.4 Å². The maximum atomic E-state index is 13.9. The highest BCUT2D eigenvalue weighted by Gasteiger charge is 2.66. The van der Waals surface area contributed by atoms with Gasteiger partial charge in [-0.1, -0.05) is 23.7 Å². The number of ketones is 1. The van der Waals surface area contributed by atoms with Crippen LogP contribution in [0.5, 0.6) is 5.75 Å². The molecule has 2 aromatic carbocycles. The number of hydrogen-bond donors (Lipinski definition) is 3. The summed E-state index contributed by atoms with van der Waals surface area (Å²) in [5.41, 5.74) is -3.68. The van der Waals surface area contributed by atoms with Gasteiger partial charge in [0.2, 0.25) is 5.72 Å². The summed E-state index contributed by atoms with van der Waals surface area (Å²) in [6.07, 6.45) is -5.32. The number of carbonyl (C=O) groups is 2. The van der Waals surface area contributed by atoms with E-state index in [2.05, 4.69) is 5.32 Å². The number of amides is 2. The average molecular weight is 443 g/mol. The molecule has 0 radical (unpaired) electrons. The molecule has 0 spiro atoms. The van der Waals surface area contributed by atoms with Crippen molar-refractivity contribution in [2.75, 3.05) is 6.61 Å². The highest BCUT2D eigenvalue weighted by molar-refractivity contribution is 6.30. The summed E-state index contributed by atoms with van der Waals surface area (Å²) in [4.78, 5) is 25.1. The van der Waals surface area contributed by atoms with Crippen LogP contribution in [0, 0.1) is 5.92 Å². The van der Waals surface area contributed by atoms with Gasteiger partial charge in [-0.25, -0.2) is 4.79 Å². The number of aliphatic hydroxyl groups is 1. The van der Waals surface area contributed by atoms with Gasteiger partial charge in [-0.05, 0) is 48.9 Å². The fraction of sp³-hybridized carbons (Fsp3) is 0.300. The summed E-state index contributed by atoms with van der Waals surface area (Å²) in [6, 6.07) is 8.37. The number of hydrogen-bond acceptors (Lipinski definition) is 4. The van der Waals surface area contributed by atoms with Crippen LogP contribution in [0.4, 0.5) is 18.0 Å². The van der Waals surface area contributed by atoms with E-state index >= 15 is 0 Å². The smallest absolute Gasteiger partial charge is 0.437 e. The zero-order valence-electron chi connectivity index (χ0n) is 15.7. The third-order valence-corrected chi connectivity index (χ3v) is 5.02. The number of halogens is 4. The van der Waals surface area contributed by atoms with Crippen molar-refractivity contribution in [2.45, 2.75) is 24.9 Å². The van der Waals surface area contributed by atoms with Gasteiger partial charge in [-0.3, -0.25) is 4.79 Å². The molecule has 1 fully saturated rings. The van der Waals surface area contributed by atoms with Gasteiger partial charge in [0.15, 0.2) is 5.78 Å². The monoisotopic (exact) mass is 442 g/mol. The summed E-state index contributed by atoms with van der Waals surface area (Å²) in [7, 11) is 0. The van der Waals surface area contributed by atoms with Crippen LogP contribution in [0.3, 0.4) is 0 Å². The third kappa shape index (κ3) is 4.08. The SMILES string of the molecule is CCOc1ccc([C@@H]2NC(=O)N[C@](O)(C(F)(F)F)[C@@H]2C(=O)c2ccc(Cl)cc2)cc1. The van der Waals surface area contributed by atoms with Crippen molar-refractivity contribution in [3.63, 3.8) is 0 Å². The molecule has 0 unspecified atom stereocenters. The van der Waals surface area contributed by atoms with E-state index in [0.29, 0.717) is 12.4 Å². The van der Waals surface area contributed by atoms with Gasteiger partial charge < -0.3 is 20.5 Å². The largest absolute Gasteiger partial charge is 0.494 e. The van der Waals surface area contributed by atoms with E-state index in [1.165, 1.54) is 53.8 Å². The average Bonchev–Trinajstić information content (AvgIpc) is 2.67. The Balaban J connectivity index is 2.10. The van der Waals surface area contributed by atoms with Crippen LogP contribution in [0.15, 0.2) is 48.5 Å². The molecule has 1 aliphatic heterocycles. The molecule has 30 heavy (non-hydrogen) atoms. The second-order valence-corrected chi connectivity index (χ2v) is 7.13. The summed E-state index contributed by atoms with van der Waals surface area (Å²) in [5.74, 6) is -2.65. The quantitative estimate of drug-likeness (QED) is 0.614. The Morgan fingerprint density at radius 1 is 1.17 bits per heavy atom. The first-order valence-electron chi connectivity index (χ1n) is 8.97. The minimum absolute atomic E-state index is 0.0963. The summed E-state index contributed by atoms with van der Waals surface area (Å²) in [6.45, 7) is 2.15. The number of nitrogens with one attached hydrogen (secondary N) is 2. The molecule has 1 aliphatic rings. The zero-order valence-corrected chi connectivity index (χ0v) is 16.4. The van der Waals surface area contributed by atoms with Crippen molar-refractivity contribution < 1.29 is 32.6 Å². The molecule has 160 valence electrons. The van der Waals surface area contributed by atoms with Gasteiger partial charge in [0, 0.05) is 10.6 Å². The molecule has 3 N–H and O–H groups in total.